The molecule has 5 heterocycles. The highest BCUT2D eigenvalue weighted by Gasteiger charge is 2.62. The van der Waals surface area contributed by atoms with Crippen molar-refractivity contribution < 1.29 is 22.7 Å². The molecule has 224 valence electrons. The van der Waals surface area contributed by atoms with Crippen LogP contribution in [0.15, 0.2) is 47.6 Å². The minimum atomic E-state index is -4.21. The monoisotopic (exact) mass is 601 g/mol. The van der Waals surface area contributed by atoms with E-state index in [2.05, 4.69) is 38.9 Å². The van der Waals surface area contributed by atoms with Gasteiger partial charge in [0, 0.05) is 42.8 Å². The normalized spacial score (nSPS) is 21.4. The first-order valence-corrected chi connectivity index (χ1v) is 15.1. The van der Waals surface area contributed by atoms with Crippen molar-refractivity contribution in [2.45, 2.75) is 69.1 Å². The first-order valence-electron chi connectivity index (χ1n) is 14.3. The SMILES string of the molecule is CC1(C)CC2CCCNc3cccc(n3)SNC(=O)c3ccc(-n4ccc(OCCC5(C(F)(F)F)CC5)n4)nc3N1C2. The second-order valence-corrected chi connectivity index (χ2v) is 12.8. The van der Waals surface area contributed by atoms with Crippen LogP contribution in [0.3, 0.4) is 0 Å². The number of anilines is 2. The summed E-state index contributed by atoms with van der Waals surface area (Å²) in [6.07, 6.45) is 0.630. The number of fused-ring (bicyclic) bond motifs is 6. The molecule has 1 unspecified atom stereocenters. The molecule has 4 bridgehead atoms. The van der Waals surface area contributed by atoms with Gasteiger partial charge in [0.1, 0.15) is 16.7 Å². The predicted octanol–water partition coefficient (Wildman–Crippen LogP) is 6.02. The molecule has 6 rings (SSSR count). The van der Waals surface area contributed by atoms with Crippen LogP contribution in [0.2, 0.25) is 0 Å². The van der Waals surface area contributed by atoms with Crippen molar-refractivity contribution in [2.75, 3.05) is 29.9 Å². The van der Waals surface area contributed by atoms with Crippen molar-refractivity contribution in [1.82, 2.24) is 24.5 Å². The van der Waals surface area contributed by atoms with Gasteiger partial charge in [-0.05, 0) is 82.6 Å². The minimum Gasteiger partial charge on any atom is -0.477 e. The van der Waals surface area contributed by atoms with Crippen LogP contribution < -0.4 is 19.7 Å². The first-order chi connectivity index (χ1) is 20.0. The highest BCUT2D eigenvalue weighted by atomic mass is 32.2. The Balaban J connectivity index is 1.25. The maximum atomic E-state index is 13.5. The second-order valence-electron chi connectivity index (χ2n) is 12.0. The van der Waals surface area contributed by atoms with E-state index in [1.807, 2.05) is 18.2 Å². The lowest BCUT2D eigenvalue weighted by molar-refractivity contribution is -0.190. The van der Waals surface area contributed by atoms with E-state index in [1.54, 1.807) is 24.4 Å². The summed E-state index contributed by atoms with van der Waals surface area (Å²) in [6, 6.07) is 10.7. The molecule has 1 aliphatic carbocycles. The Bertz CT molecular complexity index is 1460. The zero-order chi connectivity index (χ0) is 29.5. The molecule has 13 heteroatoms. The molecule has 2 aliphatic heterocycles. The van der Waals surface area contributed by atoms with E-state index in [1.165, 1.54) is 4.68 Å². The van der Waals surface area contributed by atoms with Crippen molar-refractivity contribution in [3.05, 3.63) is 48.2 Å². The van der Waals surface area contributed by atoms with Crippen LogP contribution in [0.25, 0.3) is 5.82 Å². The molecule has 3 aromatic rings. The number of rotatable bonds is 5. The molecular formula is C29H34F3N7O2S. The zero-order valence-electron chi connectivity index (χ0n) is 23.6. The van der Waals surface area contributed by atoms with Crippen LogP contribution in [0, 0.1) is 11.3 Å². The molecular weight excluding hydrogens is 567 g/mol. The lowest BCUT2D eigenvalue weighted by Crippen LogP contribution is -2.40. The molecule has 3 aliphatic rings. The molecule has 1 saturated carbocycles. The molecule has 0 spiro atoms. The Morgan fingerprint density at radius 3 is 2.76 bits per heavy atom. The van der Waals surface area contributed by atoms with Gasteiger partial charge in [0.2, 0.25) is 5.88 Å². The maximum absolute atomic E-state index is 13.5. The number of carbonyl (C=O) groups is 1. The highest BCUT2D eigenvalue weighted by molar-refractivity contribution is 7.97. The van der Waals surface area contributed by atoms with Gasteiger partial charge in [-0.2, -0.15) is 13.2 Å². The number of alkyl halides is 3. The van der Waals surface area contributed by atoms with Crippen LogP contribution in [0.4, 0.5) is 24.8 Å². The van der Waals surface area contributed by atoms with E-state index in [9.17, 15) is 18.0 Å². The van der Waals surface area contributed by atoms with Crippen molar-refractivity contribution in [2.24, 2.45) is 11.3 Å². The average Bonchev–Trinajstić information content (AvgIpc) is 3.50. The van der Waals surface area contributed by atoms with E-state index < -0.39 is 11.6 Å². The number of nitrogens with zero attached hydrogens (tertiary/aromatic N) is 5. The quantitative estimate of drug-likeness (QED) is 0.343. The van der Waals surface area contributed by atoms with Crippen LogP contribution in [0.5, 0.6) is 5.88 Å². The third kappa shape index (κ3) is 5.88. The maximum Gasteiger partial charge on any atom is 0.394 e. The summed E-state index contributed by atoms with van der Waals surface area (Å²) in [5.74, 6) is 2.19. The number of aromatic nitrogens is 4. The average molecular weight is 602 g/mol. The highest BCUT2D eigenvalue weighted by Crippen LogP contribution is 2.59. The van der Waals surface area contributed by atoms with Crippen molar-refractivity contribution in [3.63, 3.8) is 0 Å². The van der Waals surface area contributed by atoms with Crippen LogP contribution in [-0.2, 0) is 0 Å². The van der Waals surface area contributed by atoms with E-state index in [-0.39, 0.29) is 43.2 Å². The summed E-state index contributed by atoms with van der Waals surface area (Å²) in [5.41, 5.74) is -1.41. The van der Waals surface area contributed by atoms with Gasteiger partial charge in [0.25, 0.3) is 5.91 Å². The third-order valence-electron chi connectivity index (χ3n) is 8.47. The Morgan fingerprint density at radius 2 is 1.98 bits per heavy atom. The number of halogens is 3. The lowest BCUT2D eigenvalue weighted by Gasteiger charge is -2.34. The summed E-state index contributed by atoms with van der Waals surface area (Å²) in [4.78, 5) is 25.2. The molecule has 42 heavy (non-hydrogen) atoms. The van der Waals surface area contributed by atoms with E-state index in [4.69, 9.17) is 9.72 Å². The Labute approximate surface area is 246 Å². The van der Waals surface area contributed by atoms with Gasteiger partial charge in [-0.3, -0.25) is 9.52 Å². The minimum absolute atomic E-state index is 0.0668. The van der Waals surface area contributed by atoms with Gasteiger partial charge in [-0.25, -0.2) is 14.6 Å². The van der Waals surface area contributed by atoms with E-state index in [0.717, 1.165) is 50.1 Å². The number of amides is 1. The van der Waals surface area contributed by atoms with Crippen LogP contribution in [-0.4, -0.2) is 57.1 Å². The molecule has 1 saturated heterocycles. The Hall–Kier alpha value is -3.48. The summed E-state index contributed by atoms with van der Waals surface area (Å²) < 4.78 is 49.8. The fraction of sp³-hybridized carbons (Fsp3) is 0.517. The van der Waals surface area contributed by atoms with Crippen molar-refractivity contribution in [3.8, 4) is 11.7 Å². The molecule has 9 nitrogen and oxygen atoms in total. The summed E-state index contributed by atoms with van der Waals surface area (Å²) >= 11 is 1.15. The van der Waals surface area contributed by atoms with Crippen LogP contribution in [0.1, 0.15) is 62.7 Å². The molecule has 1 amide bonds. The smallest absolute Gasteiger partial charge is 0.394 e. The topological polar surface area (TPSA) is 97.2 Å². The number of hydrogen-bond donors (Lipinski definition) is 2. The number of pyridine rings is 2. The van der Waals surface area contributed by atoms with Gasteiger partial charge >= 0.3 is 6.18 Å². The fourth-order valence-electron chi connectivity index (χ4n) is 5.92. The summed E-state index contributed by atoms with van der Waals surface area (Å²) in [7, 11) is 0. The molecule has 2 fully saturated rings. The number of hydrogen-bond acceptors (Lipinski definition) is 8. The van der Waals surface area contributed by atoms with Crippen molar-refractivity contribution in [1.29, 1.82) is 0 Å². The number of carbonyl (C=O) groups excluding carboxylic acids is 1. The van der Waals surface area contributed by atoms with Gasteiger partial charge in [0.05, 0.1) is 17.6 Å². The molecule has 2 N–H and O–H groups in total. The number of nitrogens with one attached hydrogen (secondary N) is 2. The fourth-order valence-corrected chi connectivity index (χ4v) is 6.52. The largest absolute Gasteiger partial charge is 0.477 e. The van der Waals surface area contributed by atoms with Gasteiger partial charge in [-0.15, -0.1) is 5.10 Å². The van der Waals surface area contributed by atoms with E-state index in [0.29, 0.717) is 28.1 Å². The molecule has 1 atom stereocenters. The molecule has 3 aromatic heterocycles. The second kappa shape index (κ2) is 11.0. The zero-order valence-corrected chi connectivity index (χ0v) is 24.4. The van der Waals surface area contributed by atoms with Gasteiger partial charge in [0.15, 0.2) is 5.82 Å². The van der Waals surface area contributed by atoms with Crippen molar-refractivity contribution >= 4 is 29.5 Å². The van der Waals surface area contributed by atoms with E-state index >= 15 is 0 Å². The van der Waals surface area contributed by atoms with Crippen LogP contribution >= 0.6 is 11.9 Å². The molecule has 0 aromatic carbocycles. The number of ether oxygens (including phenoxy) is 1. The Morgan fingerprint density at radius 1 is 1.14 bits per heavy atom. The first kappa shape index (κ1) is 28.6. The predicted molar refractivity (Wildman–Crippen MR) is 154 cm³/mol. The van der Waals surface area contributed by atoms with Gasteiger partial charge < -0.3 is 15.0 Å². The van der Waals surface area contributed by atoms with Gasteiger partial charge in [-0.1, -0.05) is 6.07 Å². The summed E-state index contributed by atoms with van der Waals surface area (Å²) in [6.45, 7) is 5.84. The third-order valence-corrected chi connectivity index (χ3v) is 9.20. The molecule has 0 radical (unpaired) electrons. The standard InChI is InChI=1S/C29H34F3N7O2S/c1-27(2)17-19-5-4-14-33-21-6-3-7-24(34-21)42-37-26(40)20-8-9-22(35-25(20)38(27)18-19)39-15-10-23(36-39)41-16-13-28(11-12-28)29(30,31)32/h3,6-10,15,19H,4-5,11-14,16-18H2,1-2H3,(H,33,34)(H,37,40). The summed E-state index contributed by atoms with van der Waals surface area (Å²) in [5, 5.41) is 8.47. The Kier molecular flexibility index (Phi) is 7.48. The lowest BCUT2D eigenvalue weighted by atomic mass is 9.93.